The van der Waals surface area contributed by atoms with Gasteiger partial charge in [-0.05, 0) is 49.5 Å². The summed E-state index contributed by atoms with van der Waals surface area (Å²) in [5.41, 5.74) is 1.40. The van der Waals surface area contributed by atoms with Crippen LogP contribution < -0.4 is 5.56 Å². The minimum Gasteiger partial charge on any atom is -0.432 e. The van der Waals surface area contributed by atoms with Crippen molar-refractivity contribution in [2.45, 2.75) is 51.7 Å². The predicted molar refractivity (Wildman–Crippen MR) is 78.6 cm³/mol. The first-order valence-electron chi connectivity index (χ1n) is 6.44. The smallest absolute Gasteiger partial charge is 0.266 e. The van der Waals surface area contributed by atoms with E-state index in [9.17, 15) is 9.59 Å². The molecule has 0 spiro atoms. The number of pyridine rings is 1. The molecule has 0 atom stereocenters. The first-order chi connectivity index (χ1) is 8.58. The Kier molecular flexibility index (Phi) is 4.38. The molecule has 0 unspecified atom stereocenters. The molecule has 0 radical (unpaired) electrons. The summed E-state index contributed by atoms with van der Waals surface area (Å²) in [6.45, 7) is 9.74. The molecule has 0 bridgehead atoms. The van der Waals surface area contributed by atoms with E-state index >= 15 is 0 Å². The standard InChI is InChI=1S/C14H22N2O2Si/c1-10-8-11(12(9-15)13(17)16-10)6-7-14(2,3)19(4,5)18/h8,18H,6-7H2,1-5H3,(H,16,17). The van der Waals surface area contributed by atoms with Gasteiger partial charge in [-0.25, -0.2) is 0 Å². The summed E-state index contributed by atoms with van der Waals surface area (Å²) in [4.78, 5) is 24.6. The third kappa shape index (κ3) is 3.55. The second kappa shape index (κ2) is 5.31. The Morgan fingerprint density at radius 2 is 2.05 bits per heavy atom. The molecule has 1 aromatic heterocycles. The normalized spacial score (nSPS) is 12.3. The summed E-state index contributed by atoms with van der Waals surface area (Å²) in [5.74, 6) is 0. The number of nitrogens with one attached hydrogen (secondary N) is 1. The van der Waals surface area contributed by atoms with E-state index in [0.717, 1.165) is 17.7 Å². The third-order valence-electron chi connectivity index (χ3n) is 4.04. The van der Waals surface area contributed by atoms with Crippen molar-refractivity contribution in [2.75, 3.05) is 0 Å². The molecule has 5 heteroatoms. The molecule has 1 rings (SSSR count). The van der Waals surface area contributed by atoms with E-state index in [1.165, 1.54) is 0 Å². The monoisotopic (exact) mass is 278 g/mol. The van der Waals surface area contributed by atoms with Crippen LogP contribution in [0, 0.1) is 18.3 Å². The maximum atomic E-state index is 11.7. The van der Waals surface area contributed by atoms with Gasteiger partial charge in [0.2, 0.25) is 0 Å². The Labute approximate surface area is 115 Å². The molecule has 0 aliphatic heterocycles. The minimum absolute atomic E-state index is 0.157. The number of hydrogen-bond acceptors (Lipinski definition) is 3. The van der Waals surface area contributed by atoms with Crippen LogP contribution in [0.1, 0.15) is 37.1 Å². The van der Waals surface area contributed by atoms with Gasteiger partial charge in [-0.15, -0.1) is 0 Å². The number of aromatic nitrogens is 1. The summed E-state index contributed by atoms with van der Waals surface area (Å²) >= 11 is 0. The molecule has 1 heterocycles. The topological polar surface area (TPSA) is 76.9 Å². The van der Waals surface area contributed by atoms with Crippen molar-refractivity contribution in [1.29, 1.82) is 5.26 Å². The van der Waals surface area contributed by atoms with Gasteiger partial charge in [0.1, 0.15) is 11.6 Å². The number of aromatic amines is 1. The summed E-state index contributed by atoms with van der Waals surface area (Å²) in [6.07, 6.45) is 1.40. The fourth-order valence-corrected chi connectivity index (χ4v) is 2.57. The van der Waals surface area contributed by atoms with E-state index < -0.39 is 8.32 Å². The zero-order valence-electron chi connectivity index (χ0n) is 12.3. The van der Waals surface area contributed by atoms with Gasteiger partial charge in [-0.3, -0.25) is 4.79 Å². The Morgan fingerprint density at radius 1 is 1.47 bits per heavy atom. The maximum Gasteiger partial charge on any atom is 0.266 e. The Bertz CT molecular complexity index is 562. The lowest BCUT2D eigenvalue weighted by atomic mass is 9.99. The molecule has 104 valence electrons. The second-order valence-electron chi connectivity index (χ2n) is 6.24. The quantitative estimate of drug-likeness (QED) is 0.831. The molecule has 0 saturated heterocycles. The van der Waals surface area contributed by atoms with Crippen molar-refractivity contribution in [1.82, 2.24) is 4.98 Å². The summed E-state index contributed by atoms with van der Waals surface area (Å²) in [7, 11) is -2.26. The van der Waals surface area contributed by atoms with E-state index in [0.29, 0.717) is 6.42 Å². The largest absolute Gasteiger partial charge is 0.432 e. The molecule has 19 heavy (non-hydrogen) atoms. The Balaban J connectivity index is 3.03. The fraction of sp³-hybridized carbons (Fsp3) is 0.571. The lowest BCUT2D eigenvalue weighted by Crippen LogP contribution is -2.39. The maximum absolute atomic E-state index is 11.7. The van der Waals surface area contributed by atoms with Crippen LogP contribution in [0.5, 0.6) is 0 Å². The highest BCUT2D eigenvalue weighted by molar-refractivity contribution is 6.72. The highest BCUT2D eigenvalue weighted by atomic mass is 28.4. The fourth-order valence-electron chi connectivity index (χ4n) is 1.83. The SMILES string of the molecule is Cc1cc(CCC(C)(C)[Si](C)(C)O)c(C#N)c(=O)[nH]1. The molecule has 0 fully saturated rings. The summed E-state index contributed by atoms with van der Waals surface area (Å²) < 4.78 is 0. The van der Waals surface area contributed by atoms with Gasteiger partial charge >= 0.3 is 0 Å². The van der Waals surface area contributed by atoms with Gasteiger partial charge in [-0.2, -0.15) is 5.26 Å². The zero-order valence-corrected chi connectivity index (χ0v) is 13.3. The first-order valence-corrected chi connectivity index (χ1v) is 9.38. The van der Waals surface area contributed by atoms with Gasteiger partial charge in [0.05, 0.1) is 0 Å². The third-order valence-corrected chi connectivity index (χ3v) is 7.60. The Morgan fingerprint density at radius 3 is 2.53 bits per heavy atom. The van der Waals surface area contributed by atoms with Gasteiger partial charge in [0.25, 0.3) is 5.56 Å². The van der Waals surface area contributed by atoms with Crippen LogP contribution in [0.2, 0.25) is 18.1 Å². The molecule has 2 N–H and O–H groups in total. The van der Waals surface area contributed by atoms with E-state index in [2.05, 4.69) is 4.98 Å². The number of rotatable bonds is 4. The highest BCUT2D eigenvalue weighted by Crippen LogP contribution is 2.39. The van der Waals surface area contributed by atoms with Crippen molar-refractivity contribution >= 4 is 8.32 Å². The van der Waals surface area contributed by atoms with Crippen LogP contribution in [0.15, 0.2) is 10.9 Å². The minimum atomic E-state index is -2.26. The van der Waals surface area contributed by atoms with Crippen LogP contribution in [0.3, 0.4) is 0 Å². The second-order valence-corrected chi connectivity index (χ2v) is 10.7. The van der Waals surface area contributed by atoms with E-state index in [4.69, 9.17) is 5.26 Å². The average molecular weight is 278 g/mol. The molecular formula is C14H22N2O2Si. The van der Waals surface area contributed by atoms with Crippen molar-refractivity contribution < 1.29 is 4.80 Å². The van der Waals surface area contributed by atoms with E-state index in [-0.39, 0.29) is 16.2 Å². The number of nitriles is 1. The average Bonchev–Trinajstić information content (AvgIpc) is 2.24. The molecule has 0 aliphatic rings. The van der Waals surface area contributed by atoms with Crippen molar-refractivity contribution in [3.63, 3.8) is 0 Å². The molecule has 0 aromatic carbocycles. The van der Waals surface area contributed by atoms with E-state index in [1.807, 2.05) is 46.0 Å². The van der Waals surface area contributed by atoms with Crippen LogP contribution in [0.25, 0.3) is 0 Å². The zero-order chi connectivity index (χ0) is 14.8. The summed E-state index contributed by atoms with van der Waals surface area (Å²) in [6, 6.07) is 3.82. The van der Waals surface area contributed by atoms with Gasteiger partial charge in [-0.1, -0.05) is 13.8 Å². The molecule has 4 nitrogen and oxygen atoms in total. The predicted octanol–water partition coefficient (Wildman–Crippen LogP) is 2.47. The number of aryl methyl sites for hydroxylation is 2. The highest BCUT2D eigenvalue weighted by Gasteiger charge is 2.37. The molecule has 0 saturated carbocycles. The van der Waals surface area contributed by atoms with E-state index in [1.54, 1.807) is 0 Å². The lowest BCUT2D eigenvalue weighted by molar-refractivity contribution is 0.451. The van der Waals surface area contributed by atoms with Gasteiger partial charge < -0.3 is 9.78 Å². The summed E-state index contributed by atoms with van der Waals surface area (Å²) in [5, 5.41) is 8.91. The lowest BCUT2D eigenvalue weighted by Gasteiger charge is -2.35. The van der Waals surface area contributed by atoms with Gasteiger partial charge in [0.15, 0.2) is 8.32 Å². The van der Waals surface area contributed by atoms with Crippen LogP contribution >= 0.6 is 0 Å². The number of H-pyrrole nitrogens is 1. The van der Waals surface area contributed by atoms with Crippen LogP contribution in [-0.4, -0.2) is 18.1 Å². The number of hydrogen-bond donors (Lipinski definition) is 2. The molecule has 0 aliphatic carbocycles. The molecular weight excluding hydrogens is 256 g/mol. The number of nitrogens with zero attached hydrogens (tertiary/aromatic N) is 1. The van der Waals surface area contributed by atoms with Crippen molar-refractivity contribution in [2.24, 2.45) is 0 Å². The first kappa shape index (κ1) is 15.7. The molecule has 0 amide bonds. The van der Waals surface area contributed by atoms with Crippen molar-refractivity contribution in [3.8, 4) is 6.07 Å². The van der Waals surface area contributed by atoms with Crippen LogP contribution in [-0.2, 0) is 6.42 Å². The van der Waals surface area contributed by atoms with Crippen molar-refractivity contribution in [3.05, 3.63) is 33.2 Å². The van der Waals surface area contributed by atoms with Gasteiger partial charge in [0, 0.05) is 5.69 Å². The van der Waals surface area contributed by atoms with Crippen LogP contribution in [0.4, 0.5) is 0 Å². The Hall–Kier alpha value is -1.38. The molecule has 1 aromatic rings.